The molecule has 3 aromatic heterocycles. The van der Waals surface area contributed by atoms with E-state index in [-0.39, 0.29) is 12.2 Å². The second kappa shape index (κ2) is 6.76. The van der Waals surface area contributed by atoms with Crippen molar-refractivity contribution in [1.29, 1.82) is 0 Å². The number of esters is 1. The molecule has 0 aromatic carbocycles. The molecule has 2 N–H and O–H groups in total. The third-order valence-corrected chi connectivity index (χ3v) is 4.33. The van der Waals surface area contributed by atoms with E-state index < -0.39 is 12.1 Å². The van der Waals surface area contributed by atoms with Crippen molar-refractivity contribution in [2.75, 3.05) is 0 Å². The van der Waals surface area contributed by atoms with Gasteiger partial charge in [0.15, 0.2) is 0 Å². The van der Waals surface area contributed by atoms with Gasteiger partial charge in [-0.3, -0.25) is 9.20 Å². The van der Waals surface area contributed by atoms with E-state index in [1.54, 1.807) is 33.0 Å². The Balaban J connectivity index is 1.82. The van der Waals surface area contributed by atoms with Gasteiger partial charge in [0.2, 0.25) is 0 Å². The summed E-state index contributed by atoms with van der Waals surface area (Å²) in [5.41, 5.74) is 3.97. The molecule has 0 radical (unpaired) electrons. The van der Waals surface area contributed by atoms with Crippen LogP contribution in [0.2, 0.25) is 0 Å². The van der Waals surface area contributed by atoms with E-state index in [4.69, 9.17) is 4.74 Å². The topological polar surface area (TPSA) is 96.7 Å². The summed E-state index contributed by atoms with van der Waals surface area (Å²) in [6.45, 7) is 6.97. The molecule has 0 spiro atoms. The Kier molecular flexibility index (Phi) is 4.65. The maximum absolute atomic E-state index is 12.4. The minimum atomic E-state index is -0.682. The predicted octanol–water partition coefficient (Wildman–Crippen LogP) is 2.36. The molecule has 0 amide bonds. The summed E-state index contributed by atoms with van der Waals surface area (Å²) in [4.78, 5) is 31.9. The van der Waals surface area contributed by atoms with E-state index in [0.717, 1.165) is 11.3 Å². The first-order valence-electron chi connectivity index (χ1n) is 8.31. The molecule has 7 heteroatoms. The number of ether oxygens (including phenoxy) is 1. The number of carbonyl (C=O) groups is 1. The average molecular weight is 355 g/mol. The summed E-state index contributed by atoms with van der Waals surface area (Å²) in [6, 6.07) is 4.96. The van der Waals surface area contributed by atoms with Crippen LogP contribution in [0.3, 0.4) is 0 Å². The minimum Gasteiger partial charge on any atom is -0.454 e. The van der Waals surface area contributed by atoms with Gasteiger partial charge < -0.3 is 14.8 Å². The molecular weight excluding hydrogens is 334 g/mol. The highest BCUT2D eigenvalue weighted by Crippen LogP contribution is 2.25. The number of hydrogen-bond acceptors (Lipinski definition) is 5. The van der Waals surface area contributed by atoms with Gasteiger partial charge in [0.25, 0.3) is 5.56 Å². The molecule has 3 heterocycles. The summed E-state index contributed by atoms with van der Waals surface area (Å²) in [6.07, 6.45) is 1.03. The molecule has 0 aliphatic carbocycles. The van der Waals surface area contributed by atoms with Crippen molar-refractivity contribution in [3.8, 4) is 0 Å². The number of hydrogen-bond donors (Lipinski definition) is 2. The fourth-order valence-electron chi connectivity index (χ4n) is 3.14. The van der Waals surface area contributed by atoms with Gasteiger partial charge in [-0.1, -0.05) is 6.07 Å². The third kappa shape index (κ3) is 3.25. The number of nitrogens with one attached hydrogen (secondary N) is 1. The molecule has 0 saturated heterocycles. The molecule has 3 aromatic rings. The summed E-state index contributed by atoms with van der Waals surface area (Å²) in [7, 11) is 0. The van der Waals surface area contributed by atoms with Crippen LogP contribution in [0.1, 0.15) is 51.6 Å². The molecule has 1 atom stereocenters. The molecule has 3 rings (SSSR count). The van der Waals surface area contributed by atoms with Crippen molar-refractivity contribution in [2.24, 2.45) is 0 Å². The first-order chi connectivity index (χ1) is 12.3. The first-order valence-corrected chi connectivity index (χ1v) is 8.31. The molecule has 0 aliphatic rings. The summed E-state index contributed by atoms with van der Waals surface area (Å²) < 4.78 is 6.76. The lowest BCUT2D eigenvalue weighted by molar-refractivity contribution is 0.0460. The third-order valence-electron chi connectivity index (χ3n) is 4.33. The Bertz CT molecular complexity index is 1050. The molecule has 0 saturated carbocycles. The average Bonchev–Trinajstić information content (AvgIpc) is 2.88. The highest BCUT2D eigenvalue weighted by atomic mass is 16.5. The van der Waals surface area contributed by atoms with E-state index in [9.17, 15) is 14.7 Å². The number of aryl methyl sites for hydroxylation is 2. The lowest BCUT2D eigenvalue weighted by Gasteiger charge is -2.07. The fourth-order valence-corrected chi connectivity index (χ4v) is 3.14. The minimum absolute atomic E-state index is 0.111. The van der Waals surface area contributed by atoms with Gasteiger partial charge in [-0.15, -0.1) is 0 Å². The zero-order valence-electron chi connectivity index (χ0n) is 15.2. The van der Waals surface area contributed by atoms with Crippen molar-refractivity contribution in [1.82, 2.24) is 14.4 Å². The van der Waals surface area contributed by atoms with Gasteiger partial charge in [0.1, 0.15) is 17.9 Å². The monoisotopic (exact) mass is 355 g/mol. The molecule has 0 bridgehead atoms. The lowest BCUT2D eigenvalue weighted by atomic mass is 10.1. The Morgan fingerprint density at radius 3 is 2.73 bits per heavy atom. The highest BCUT2D eigenvalue weighted by Gasteiger charge is 2.21. The van der Waals surface area contributed by atoms with Crippen LogP contribution in [0.4, 0.5) is 0 Å². The zero-order valence-corrected chi connectivity index (χ0v) is 15.2. The van der Waals surface area contributed by atoms with Gasteiger partial charge >= 0.3 is 5.97 Å². The van der Waals surface area contributed by atoms with E-state index in [0.29, 0.717) is 28.2 Å². The number of aliphatic hydroxyl groups is 1. The van der Waals surface area contributed by atoms with Crippen molar-refractivity contribution in [3.05, 3.63) is 68.5 Å². The van der Waals surface area contributed by atoms with Crippen molar-refractivity contribution in [3.63, 3.8) is 0 Å². The van der Waals surface area contributed by atoms with E-state index in [2.05, 4.69) is 9.97 Å². The quantitative estimate of drug-likeness (QED) is 0.700. The van der Waals surface area contributed by atoms with Gasteiger partial charge in [0, 0.05) is 23.5 Å². The number of aromatic nitrogens is 3. The Labute approximate surface area is 150 Å². The fraction of sp³-hybridized carbons (Fsp3) is 0.316. The van der Waals surface area contributed by atoms with Crippen molar-refractivity contribution < 1.29 is 14.6 Å². The maximum Gasteiger partial charge on any atom is 0.355 e. The Hall–Kier alpha value is -2.93. The second-order valence-corrected chi connectivity index (χ2v) is 6.44. The second-order valence-electron chi connectivity index (χ2n) is 6.44. The van der Waals surface area contributed by atoms with Crippen LogP contribution < -0.4 is 5.56 Å². The molecule has 0 unspecified atom stereocenters. The summed E-state index contributed by atoms with van der Waals surface area (Å²) in [5, 5.41) is 9.82. The van der Waals surface area contributed by atoms with E-state index >= 15 is 0 Å². The molecule has 136 valence electrons. The van der Waals surface area contributed by atoms with Crippen LogP contribution in [-0.2, 0) is 11.3 Å². The molecule has 0 aliphatic heterocycles. The first kappa shape index (κ1) is 17.9. The van der Waals surface area contributed by atoms with Gasteiger partial charge in [-0.05, 0) is 44.9 Å². The number of aromatic amines is 1. The zero-order chi connectivity index (χ0) is 19.0. The largest absolute Gasteiger partial charge is 0.454 e. The van der Waals surface area contributed by atoms with Crippen molar-refractivity contribution in [2.45, 2.75) is 40.4 Å². The number of pyridine rings is 1. The summed E-state index contributed by atoms with van der Waals surface area (Å²) >= 11 is 0. The van der Waals surface area contributed by atoms with Gasteiger partial charge in [-0.25, -0.2) is 9.78 Å². The van der Waals surface area contributed by atoms with Crippen LogP contribution in [0.15, 0.2) is 29.2 Å². The highest BCUT2D eigenvalue weighted by molar-refractivity contribution is 5.89. The number of aliphatic hydroxyl groups excluding tert-OH is 1. The van der Waals surface area contributed by atoms with E-state index in [1.165, 1.54) is 10.5 Å². The number of fused-ring (bicyclic) bond motifs is 1. The lowest BCUT2D eigenvalue weighted by Crippen LogP contribution is -2.17. The van der Waals surface area contributed by atoms with Gasteiger partial charge in [0.05, 0.1) is 11.8 Å². The van der Waals surface area contributed by atoms with Crippen LogP contribution in [0.25, 0.3) is 5.65 Å². The normalized spacial score (nSPS) is 12.3. The number of nitrogens with zero attached hydrogens (tertiary/aromatic N) is 2. The Morgan fingerprint density at radius 2 is 2.08 bits per heavy atom. The number of carbonyl (C=O) groups excluding carboxylic acids is 1. The SMILES string of the molecule is Cc1ccc2nc(COC(=O)c3[nH]c(C)c([C@@H](C)O)c3C)cc(=O)n2c1. The number of H-pyrrole nitrogens is 1. The smallest absolute Gasteiger partial charge is 0.355 e. The predicted molar refractivity (Wildman–Crippen MR) is 96.2 cm³/mol. The Morgan fingerprint density at radius 1 is 1.35 bits per heavy atom. The standard InChI is InChI=1S/C19H21N3O4/c1-10-5-6-15-21-14(7-16(24)22(15)8-10)9-26-19(25)18-11(2)17(13(4)23)12(3)20-18/h5-8,13,20,23H,9H2,1-4H3/t13-/m1/s1. The van der Waals surface area contributed by atoms with Crippen LogP contribution in [0, 0.1) is 20.8 Å². The van der Waals surface area contributed by atoms with Crippen molar-refractivity contribution >= 4 is 11.6 Å². The van der Waals surface area contributed by atoms with Crippen LogP contribution in [-0.4, -0.2) is 25.4 Å². The molecule has 26 heavy (non-hydrogen) atoms. The number of rotatable bonds is 4. The summed E-state index contributed by atoms with van der Waals surface area (Å²) in [5.74, 6) is -0.552. The molecular formula is C19H21N3O4. The van der Waals surface area contributed by atoms with E-state index in [1.807, 2.05) is 13.0 Å². The molecule has 0 fully saturated rings. The maximum atomic E-state index is 12.4. The van der Waals surface area contributed by atoms with Crippen LogP contribution in [0.5, 0.6) is 0 Å². The molecule has 7 nitrogen and oxygen atoms in total. The van der Waals surface area contributed by atoms with Crippen LogP contribution >= 0.6 is 0 Å². The van der Waals surface area contributed by atoms with Gasteiger partial charge in [-0.2, -0.15) is 0 Å².